The van der Waals surface area contributed by atoms with Crippen molar-refractivity contribution in [3.8, 4) is 0 Å². The van der Waals surface area contributed by atoms with Gasteiger partial charge < -0.3 is 19.6 Å². The van der Waals surface area contributed by atoms with E-state index in [1.165, 1.54) is 13.0 Å². The van der Waals surface area contributed by atoms with Gasteiger partial charge >= 0.3 is 12.1 Å². The van der Waals surface area contributed by atoms with Crippen LogP contribution in [0.25, 0.3) is 0 Å². The van der Waals surface area contributed by atoms with Gasteiger partial charge in [0.25, 0.3) is 5.91 Å². The van der Waals surface area contributed by atoms with Crippen molar-refractivity contribution in [3.63, 3.8) is 0 Å². The number of halogens is 3. The Bertz CT molecular complexity index is 869. The molecule has 0 aliphatic carbocycles. The van der Waals surface area contributed by atoms with E-state index >= 15 is 0 Å². The van der Waals surface area contributed by atoms with E-state index in [-0.39, 0.29) is 41.2 Å². The van der Waals surface area contributed by atoms with Gasteiger partial charge in [-0.05, 0) is 18.9 Å². The summed E-state index contributed by atoms with van der Waals surface area (Å²) in [7, 11) is 3.49. The van der Waals surface area contributed by atoms with Crippen LogP contribution in [0, 0.1) is 11.8 Å². The zero-order chi connectivity index (χ0) is 24.2. The Morgan fingerprint density at radius 2 is 1.91 bits per heavy atom. The molecule has 3 rings (SSSR count). The van der Waals surface area contributed by atoms with Crippen LogP contribution in [0.15, 0.2) is 6.07 Å². The lowest BCUT2D eigenvalue weighted by molar-refractivity contribution is -0.192. The number of nitrogens with zero attached hydrogens (tertiary/aromatic N) is 3. The van der Waals surface area contributed by atoms with E-state index in [4.69, 9.17) is 14.6 Å². The molecule has 1 aromatic heterocycles. The van der Waals surface area contributed by atoms with Crippen molar-refractivity contribution in [3.05, 3.63) is 17.5 Å². The van der Waals surface area contributed by atoms with E-state index in [0.717, 1.165) is 12.8 Å². The Balaban J connectivity index is 0.000000451. The number of Topliss-reactive ketones (excluding diaryl/α,β-unsaturated/α-hetero) is 1. The zero-order valence-corrected chi connectivity index (χ0v) is 17.8. The van der Waals surface area contributed by atoms with E-state index in [0.29, 0.717) is 25.4 Å². The number of H-pyrrole nitrogens is 1. The molecule has 2 N–H and O–H groups in total. The lowest BCUT2D eigenvalue weighted by atomic mass is 9.83. The van der Waals surface area contributed by atoms with Crippen LogP contribution in [0.4, 0.5) is 13.2 Å². The molecule has 0 radical (unpaired) electrons. The maximum Gasteiger partial charge on any atom is 0.490 e. The second kappa shape index (κ2) is 10.1. The van der Waals surface area contributed by atoms with Gasteiger partial charge in [0.05, 0.1) is 18.6 Å². The highest BCUT2D eigenvalue weighted by Gasteiger charge is 2.40. The topological polar surface area (TPSA) is 133 Å². The quantitative estimate of drug-likeness (QED) is 0.645. The molecule has 10 nitrogen and oxygen atoms in total. The minimum absolute atomic E-state index is 0.0709. The number of carbonyl (C=O) groups is 4. The van der Waals surface area contributed by atoms with E-state index in [1.54, 1.807) is 23.9 Å². The van der Waals surface area contributed by atoms with Crippen molar-refractivity contribution >= 4 is 23.6 Å². The average molecular weight is 462 g/mol. The number of fused-ring (bicyclic) bond motifs is 1. The molecule has 0 unspecified atom stereocenters. The molecular weight excluding hydrogens is 437 g/mol. The minimum atomic E-state index is -5.08. The molecule has 1 aromatic rings. The largest absolute Gasteiger partial charge is 0.490 e. The van der Waals surface area contributed by atoms with Gasteiger partial charge in [-0.25, -0.2) is 4.79 Å². The van der Waals surface area contributed by atoms with E-state index in [1.807, 2.05) is 0 Å². The highest BCUT2D eigenvalue weighted by atomic mass is 19.4. The number of hydrogen-bond acceptors (Lipinski definition) is 6. The number of piperidine rings is 1. The molecular formula is C19H25F3N4O6. The van der Waals surface area contributed by atoms with Gasteiger partial charge in [-0.3, -0.25) is 19.5 Å². The SMILES string of the molecule is CC(=O)c1cc(C(=O)N2CC[C@H]3OC[C@@H](C(=O)N(C)C)C[C@H]3C2)[nH]n1.O=C(O)C(F)(F)F. The summed E-state index contributed by atoms with van der Waals surface area (Å²) in [6, 6.07) is 1.49. The van der Waals surface area contributed by atoms with Crippen molar-refractivity contribution < 1.29 is 42.2 Å². The Labute approximate surface area is 181 Å². The van der Waals surface area contributed by atoms with Crippen molar-refractivity contribution in [1.29, 1.82) is 0 Å². The van der Waals surface area contributed by atoms with Crippen LogP contribution >= 0.6 is 0 Å². The maximum atomic E-state index is 12.7. The molecule has 0 spiro atoms. The highest BCUT2D eigenvalue weighted by Crippen LogP contribution is 2.32. The number of aromatic nitrogens is 2. The molecule has 2 fully saturated rings. The Morgan fingerprint density at radius 1 is 1.28 bits per heavy atom. The van der Waals surface area contributed by atoms with Crippen molar-refractivity contribution in [1.82, 2.24) is 20.0 Å². The van der Waals surface area contributed by atoms with Crippen LogP contribution in [-0.2, 0) is 14.3 Å². The van der Waals surface area contributed by atoms with E-state index < -0.39 is 12.1 Å². The number of rotatable bonds is 3. The number of carbonyl (C=O) groups excluding carboxylic acids is 3. The second-order valence-electron chi connectivity index (χ2n) is 7.86. The van der Waals surface area contributed by atoms with Crippen molar-refractivity contribution in [2.45, 2.75) is 32.0 Å². The van der Waals surface area contributed by atoms with Gasteiger partial charge in [0.15, 0.2) is 5.78 Å². The molecule has 2 aliphatic heterocycles. The average Bonchev–Trinajstić information content (AvgIpc) is 3.22. The van der Waals surface area contributed by atoms with Crippen LogP contribution < -0.4 is 0 Å². The van der Waals surface area contributed by atoms with Crippen LogP contribution in [0.3, 0.4) is 0 Å². The third kappa shape index (κ3) is 6.28. The summed E-state index contributed by atoms with van der Waals surface area (Å²) in [5.74, 6) is -3.04. The number of ether oxygens (including phenoxy) is 1. The van der Waals surface area contributed by atoms with E-state index in [2.05, 4.69) is 10.2 Å². The maximum absolute atomic E-state index is 12.7. The molecule has 2 aliphatic rings. The number of carboxylic acids is 1. The first-order chi connectivity index (χ1) is 14.8. The molecule has 0 saturated carbocycles. The fourth-order valence-corrected chi connectivity index (χ4v) is 3.63. The lowest BCUT2D eigenvalue weighted by Crippen LogP contribution is -2.51. The first kappa shape index (κ1) is 25.3. The number of carboxylic acid groups (broad SMARTS) is 1. The predicted octanol–water partition coefficient (Wildman–Crippen LogP) is 1.20. The predicted molar refractivity (Wildman–Crippen MR) is 103 cm³/mol. The summed E-state index contributed by atoms with van der Waals surface area (Å²) in [5.41, 5.74) is 0.581. The summed E-state index contributed by atoms with van der Waals surface area (Å²) in [5, 5.41) is 13.6. The summed E-state index contributed by atoms with van der Waals surface area (Å²) >= 11 is 0. The lowest BCUT2D eigenvalue weighted by Gasteiger charge is -2.43. The summed E-state index contributed by atoms with van der Waals surface area (Å²) in [4.78, 5) is 48.4. The van der Waals surface area contributed by atoms with Crippen LogP contribution in [-0.4, -0.2) is 94.7 Å². The van der Waals surface area contributed by atoms with Gasteiger partial charge in [-0.1, -0.05) is 0 Å². The first-order valence-corrected chi connectivity index (χ1v) is 9.79. The number of amides is 2. The van der Waals surface area contributed by atoms with E-state index in [9.17, 15) is 27.6 Å². The number of likely N-dealkylation sites (tertiary alicyclic amines) is 1. The standard InChI is InChI=1S/C17H24N4O4.C2HF3O2/c1-10(22)13-7-14(19-18-13)17(24)21-5-4-15-11(8-21)6-12(9-25-15)16(23)20(2)3;3-2(4,5)1(6)7/h7,11-12,15H,4-6,8-9H2,1-3H3,(H,18,19);(H,6,7)/t11-,12-,15+;/m0./s1. The van der Waals surface area contributed by atoms with Crippen molar-refractivity contribution in [2.75, 3.05) is 33.8 Å². The van der Waals surface area contributed by atoms with Gasteiger partial charge in [-0.2, -0.15) is 18.3 Å². The Hall–Kier alpha value is -2.96. The first-order valence-electron chi connectivity index (χ1n) is 9.79. The number of alkyl halides is 3. The number of ketones is 1. The molecule has 2 amide bonds. The minimum Gasteiger partial charge on any atom is -0.475 e. The number of aliphatic carboxylic acids is 1. The molecule has 0 aromatic carbocycles. The molecule has 2 saturated heterocycles. The molecule has 3 atom stereocenters. The monoisotopic (exact) mass is 462 g/mol. The van der Waals surface area contributed by atoms with Gasteiger partial charge in [-0.15, -0.1) is 0 Å². The van der Waals surface area contributed by atoms with Gasteiger partial charge in [0.2, 0.25) is 5.91 Å². The number of nitrogens with one attached hydrogen (secondary N) is 1. The molecule has 178 valence electrons. The van der Waals surface area contributed by atoms with Gasteiger partial charge in [0, 0.05) is 40.0 Å². The number of aromatic amines is 1. The van der Waals surface area contributed by atoms with Gasteiger partial charge in [0.1, 0.15) is 11.4 Å². The highest BCUT2D eigenvalue weighted by molar-refractivity contribution is 5.97. The van der Waals surface area contributed by atoms with Crippen LogP contribution in [0.1, 0.15) is 40.7 Å². The number of hydrogen-bond donors (Lipinski definition) is 2. The fourth-order valence-electron chi connectivity index (χ4n) is 3.63. The smallest absolute Gasteiger partial charge is 0.475 e. The fraction of sp³-hybridized carbons (Fsp3) is 0.632. The summed E-state index contributed by atoms with van der Waals surface area (Å²) in [6.45, 7) is 3.02. The molecule has 0 bridgehead atoms. The third-order valence-electron chi connectivity index (χ3n) is 5.25. The van der Waals surface area contributed by atoms with Crippen LogP contribution in [0.5, 0.6) is 0 Å². The third-order valence-corrected chi connectivity index (χ3v) is 5.25. The van der Waals surface area contributed by atoms with Crippen molar-refractivity contribution in [2.24, 2.45) is 11.8 Å². The summed E-state index contributed by atoms with van der Waals surface area (Å²) in [6.07, 6.45) is -3.50. The zero-order valence-electron chi connectivity index (χ0n) is 17.8. The molecule has 3 heterocycles. The Kier molecular flexibility index (Phi) is 7.99. The molecule has 13 heteroatoms. The molecule has 32 heavy (non-hydrogen) atoms. The van der Waals surface area contributed by atoms with Crippen LogP contribution in [0.2, 0.25) is 0 Å². The normalized spacial score (nSPS) is 22.8. The second-order valence-corrected chi connectivity index (χ2v) is 7.86. The summed E-state index contributed by atoms with van der Waals surface area (Å²) < 4.78 is 37.6. The Morgan fingerprint density at radius 3 is 2.41 bits per heavy atom.